The Balaban J connectivity index is 1.79. The first-order valence-electron chi connectivity index (χ1n) is 7.75. The second-order valence-corrected chi connectivity index (χ2v) is 6.51. The number of allylic oxidation sites excluding steroid dienone is 2. The van der Waals surface area contributed by atoms with Gasteiger partial charge in [0.2, 0.25) is 0 Å². The fraction of sp³-hybridized carbons (Fsp3) is 0.250. The van der Waals surface area contributed by atoms with Gasteiger partial charge in [0.05, 0.1) is 0 Å². The topological polar surface area (TPSA) is 17.1 Å². The molecule has 3 aliphatic carbocycles. The van der Waals surface area contributed by atoms with E-state index in [0.717, 1.165) is 29.9 Å². The normalized spacial score (nSPS) is 29.0. The zero-order valence-corrected chi connectivity index (χ0v) is 11.8. The van der Waals surface area contributed by atoms with Gasteiger partial charge in [0.1, 0.15) is 0 Å². The first-order valence-corrected chi connectivity index (χ1v) is 7.75. The summed E-state index contributed by atoms with van der Waals surface area (Å²) in [5.41, 5.74) is 6.08. The summed E-state index contributed by atoms with van der Waals surface area (Å²) in [6.45, 7) is 0. The van der Waals surface area contributed by atoms with Crippen LogP contribution in [-0.4, -0.2) is 5.78 Å². The number of hydrogen-bond acceptors (Lipinski definition) is 1. The summed E-state index contributed by atoms with van der Waals surface area (Å²) in [4.78, 5) is 12.7. The average molecular weight is 272 g/mol. The van der Waals surface area contributed by atoms with Crippen LogP contribution in [0, 0.1) is 5.92 Å². The average Bonchev–Trinajstić information content (AvgIpc) is 3.23. The molecule has 0 amide bonds. The predicted molar refractivity (Wildman–Crippen MR) is 83.2 cm³/mol. The van der Waals surface area contributed by atoms with Crippen LogP contribution in [0.3, 0.4) is 0 Å². The Morgan fingerprint density at radius 2 is 1.62 bits per heavy atom. The molecule has 0 aromatic heterocycles. The molecule has 5 rings (SSSR count). The molecule has 2 aromatic rings. The zero-order chi connectivity index (χ0) is 14.0. The molecule has 0 N–H and O–H groups in total. The molecule has 0 bridgehead atoms. The third kappa shape index (κ3) is 1.29. The lowest BCUT2D eigenvalue weighted by atomic mass is 9.77. The van der Waals surface area contributed by atoms with Crippen molar-refractivity contribution in [1.29, 1.82) is 0 Å². The van der Waals surface area contributed by atoms with Gasteiger partial charge in [-0.1, -0.05) is 54.6 Å². The number of hydrogen-bond donors (Lipinski definition) is 0. The van der Waals surface area contributed by atoms with Crippen LogP contribution in [0.2, 0.25) is 0 Å². The van der Waals surface area contributed by atoms with E-state index in [4.69, 9.17) is 0 Å². The number of carbonyl (C=O) groups excluding carboxylic acids is 1. The molecule has 3 aliphatic rings. The number of benzene rings is 2. The highest BCUT2D eigenvalue weighted by atomic mass is 16.1. The Bertz CT molecular complexity index is 800. The number of fused-ring (bicyclic) bond motifs is 4. The Morgan fingerprint density at radius 3 is 2.43 bits per heavy atom. The summed E-state index contributed by atoms with van der Waals surface area (Å²) >= 11 is 0. The van der Waals surface area contributed by atoms with Gasteiger partial charge in [0, 0.05) is 16.6 Å². The van der Waals surface area contributed by atoms with Crippen molar-refractivity contribution < 1.29 is 4.79 Å². The summed E-state index contributed by atoms with van der Waals surface area (Å²) < 4.78 is 0. The van der Waals surface area contributed by atoms with Gasteiger partial charge in [-0.25, -0.2) is 0 Å². The van der Waals surface area contributed by atoms with E-state index in [9.17, 15) is 4.79 Å². The molecule has 1 nitrogen and oxygen atoms in total. The monoisotopic (exact) mass is 272 g/mol. The fourth-order valence-corrected chi connectivity index (χ4v) is 4.62. The smallest absolute Gasteiger partial charge is 0.189 e. The lowest BCUT2D eigenvalue weighted by Gasteiger charge is -2.26. The molecule has 2 unspecified atom stereocenters. The van der Waals surface area contributed by atoms with Gasteiger partial charge in [-0.05, 0) is 41.9 Å². The lowest BCUT2D eigenvalue weighted by Crippen LogP contribution is -2.17. The van der Waals surface area contributed by atoms with Crippen LogP contribution in [-0.2, 0) is 5.41 Å². The van der Waals surface area contributed by atoms with E-state index in [1.807, 2.05) is 12.1 Å². The van der Waals surface area contributed by atoms with Gasteiger partial charge in [-0.15, -0.1) is 0 Å². The molecule has 2 atom stereocenters. The number of ketones is 1. The largest absolute Gasteiger partial charge is 0.289 e. The predicted octanol–water partition coefficient (Wildman–Crippen LogP) is 4.39. The number of Topliss-reactive ketones (excluding diaryl/α,β-unsaturated/α-hetero) is 1. The Labute approximate surface area is 124 Å². The maximum Gasteiger partial charge on any atom is 0.189 e. The fourth-order valence-electron chi connectivity index (χ4n) is 4.62. The maximum absolute atomic E-state index is 12.7. The standard InChI is InChI=1S/C20H16O/c21-19-16-9-5-4-8-15(16)18-17(19)11-10-14-12-20(14,18)13-6-2-1-3-7-13/h1-9,14H,10-12H2. The second-order valence-electron chi connectivity index (χ2n) is 6.51. The molecule has 0 heterocycles. The van der Waals surface area contributed by atoms with E-state index in [0.29, 0.717) is 0 Å². The third-order valence-corrected chi connectivity index (χ3v) is 5.60. The maximum atomic E-state index is 12.7. The first kappa shape index (κ1) is 11.5. The van der Waals surface area contributed by atoms with Crippen LogP contribution < -0.4 is 0 Å². The quantitative estimate of drug-likeness (QED) is 0.752. The van der Waals surface area contributed by atoms with Crippen LogP contribution in [0.15, 0.2) is 60.2 Å². The van der Waals surface area contributed by atoms with Crippen molar-refractivity contribution in [3.63, 3.8) is 0 Å². The van der Waals surface area contributed by atoms with Crippen molar-refractivity contribution in [3.05, 3.63) is 76.9 Å². The second kappa shape index (κ2) is 3.73. The molecule has 1 saturated carbocycles. The van der Waals surface area contributed by atoms with Gasteiger partial charge in [0.25, 0.3) is 0 Å². The third-order valence-electron chi connectivity index (χ3n) is 5.60. The van der Waals surface area contributed by atoms with Gasteiger partial charge < -0.3 is 0 Å². The Morgan fingerprint density at radius 1 is 0.905 bits per heavy atom. The highest BCUT2D eigenvalue weighted by molar-refractivity contribution is 6.22. The summed E-state index contributed by atoms with van der Waals surface area (Å²) in [6, 6.07) is 19.0. The van der Waals surface area contributed by atoms with Crippen LogP contribution >= 0.6 is 0 Å². The lowest BCUT2D eigenvalue weighted by molar-refractivity contribution is 0.103. The first-order chi connectivity index (χ1) is 10.3. The molecule has 1 heteroatoms. The Hall–Kier alpha value is -2.15. The summed E-state index contributed by atoms with van der Waals surface area (Å²) in [5, 5.41) is 0. The van der Waals surface area contributed by atoms with Crippen molar-refractivity contribution in [2.45, 2.75) is 24.7 Å². The van der Waals surface area contributed by atoms with E-state index in [1.54, 1.807) is 0 Å². The van der Waals surface area contributed by atoms with Crippen molar-refractivity contribution in [2.24, 2.45) is 5.92 Å². The molecule has 0 radical (unpaired) electrons. The summed E-state index contributed by atoms with van der Waals surface area (Å²) in [7, 11) is 0. The van der Waals surface area contributed by atoms with Gasteiger partial charge in [0.15, 0.2) is 5.78 Å². The molecule has 0 aliphatic heterocycles. The summed E-state index contributed by atoms with van der Waals surface area (Å²) in [6.07, 6.45) is 3.33. The molecule has 0 spiro atoms. The van der Waals surface area contributed by atoms with Crippen molar-refractivity contribution in [3.8, 4) is 0 Å². The number of rotatable bonds is 1. The van der Waals surface area contributed by atoms with Crippen LogP contribution in [0.1, 0.15) is 40.7 Å². The SMILES string of the molecule is O=C1C2=C(c3ccccc31)C1(c3ccccc3)CC1CC2. The van der Waals surface area contributed by atoms with Gasteiger partial charge >= 0.3 is 0 Å². The van der Waals surface area contributed by atoms with Gasteiger partial charge in [-0.3, -0.25) is 4.79 Å². The molecule has 21 heavy (non-hydrogen) atoms. The molecule has 1 fully saturated rings. The van der Waals surface area contributed by atoms with Crippen LogP contribution in [0.25, 0.3) is 5.57 Å². The minimum absolute atomic E-state index is 0.122. The van der Waals surface area contributed by atoms with E-state index in [1.165, 1.54) is 23.1 Å². The minimum Gasteiger partial charge on any atom is -0.289 e. The van der Waals surface area contributed by atoms with Crippen molar-refractivity contribution >= 4 is 11.4 Å². The number of carbonyl (C=O) groups is 1. The van der Waals surface area contributed by atoms with E-state index in [-0.39, 0.29) is 11.2 Å². The van der Waals surface area contributed by atoms with Crippen molar-refractivity contribution in [2.75, 3.05) is 0 Å². The highest BCUT2D eigenvalue weighted by Gasteiger charge is 2.62. The van der Waals surface area contributed by atoms with Gasteiger partial charge in [-0.2, -0.15) is 0 Å². The highest BCUT2D eigenvalue weighted by Crippen LogP contribution is 2.69. The molecule has 102 valence electrons. The molecular formula is C20H16O. The van der Waals surface area contributed by atoms with Crippen LogP contribution in [0.4, 0.5) is 0 Å². The Kier molecular flexibility index (Phi) is 2.04. The van der Waals surface area contributed by atoms with E-state index < -0.39 is 0 Å². The molecule has 2 aromatic carbocycles. The minimum atomic E-state index is 0.122. The van der Waals surface area contributed by atoms with E-state index >= 15 is 0 Å². The summed E-state index contributed by atoms with van der Waals surface area (Å²) in [5.74, 6) is 0.999. The zero-order valence-electron chi connectivity index (χ0n) is 11.8. The molecule has 0 saturated heterocycles. The van der Waals surface area contributed by atoms with E-state index in [2.05, 4.69) is 42.5 Å². The molecular weight excluding hydrogens is 256 g/mol. The van der Waals surface area contributed by atoms with Crippen molar-refractivity contribution in [1.82, 2.24) is 0 Å². The van der Waals surface area contributed by atoms with Crippen LogP contribution in [0.5, 0.6) is 0 Å².